The highest BCUT2D eigenvalue weighted by Gasteiger charge is 2.25. The van der Waals surface area contributed by atoms with Gasteiger partial charge in [-0.1, -0.05) is 6.92 Å². The van der Waals surface area contributed by atoms with Crippen LogP contribution in [0.15, 0.2) is 12.5 Å². The quantitative estimate of drug-likeness (QED) is 0.890. The highest BCUT2D eigenvalue weighted by Crippen LogP contribution is 2.22. The second kappa shape index (κ2) is 5.85. The van der Waals surface area contributed by atoms with E-state index in [1.807, 2.05) is 19.4 Å². The van der Waals surface area contributed by atoms with Gasteiger partial charge >= 0.3 is 0 Å². The fourth-order valence-electron chi connectivity index (χ4n) is 2.63. The number of rotatable bonds is 4. The topological polar surface area (TPSA) is 41.3 Å². The maximum absolute atomic E-state index is 10.1. The Hall–Kier alpha value is -0.870. The first-order chi connectivity index (χ1) is 8.61. The van der Waals surface area contributed by atoms with Crippen LogP contribution >= 0.6 is 0 Å². The van der Waals surface area contributed by atoms with Crippen molar-refractivity contribution in [3.63, 3.8) is 0 Å². The molecular formula is C14H25N3O. The maximum atomic E-state index is 10.1. The molecule has 0 bridgehead atoms. The lowest BCUT2D eigenvalue weighted by atomic mass is 9.98. The van der Waals surface area contributed by atoms with Gasteiger partial charge in [-0.25, -0.2) is 4.98 Å². The zero-order valence-electron chi connectivity index (χ0n) is 11.6. The fraction of sp³-hybridized carbons (Fsp3) is 0.786. The summed E-state index contributed by atoms with van der Waals surface area (Å²) in [6, 6.07) is 0. The van der Waals surface area contributed by atoms with Crippen LogP contribution in [0, 0.1) is 0 Å². The van der Waals surface area contributed by atoms with Gasteiger partial charge in [-0.15, -0.1) is 0 Å². The largest absolute Gasteiger partial charge is 0.390 e. The Morgan fingerprint density at radius 2 is 2.22 bits per heavy atom. The monoisotopic (exact) mass is 251 g/mol. The van der Waals surface area contributed by atoms with E-state index in [-0.39, 0.29) is 0 Å². The molecule has 1 fully saturated rings. The molecule has 2 rings (SSSR count). The normalized spacial score (nSPS) is 26.2. The number of hydrogen-bond acceptors (Lipinski definition) is 3. The minimum atomic E-state index is -0.474. The van der Waals surface area contributed by atoms with E-state index in [1.54, 1.807) is 0 Å². The molecule has 2 heterocycles. The van der Waals surface area contributed by atoms with Crippen LogP contribution < -0.4 is 0 Å². The van der Waals surface area contributed by atoms with Crippen molar-refractivity contribution in [3.05, 3.63) is 18.2 Å². The van der Waals surface area contributed by atoms with Gasteiger partial charge < -0.3 is 9.67 Å². The third kappa shape index (κ3) is 3.56. The highest BCUT2D eigenvalue weighted by molar-refractivity contribution is 4.98. The predicted octanol–water partition coefficient (Wildman–Crippen LogP) is 2.03. The molecule has 1 aromatic rings. The molecule has 4 heteroatoms. The van der Waals surface area contributed by atoms with E-state index < -0.39 is 5.60 Å². The smallest absolute Gasteiger partial charge is 0.0948 e. The molecule has 1 aromatic heterocycles. The first-order valence-electron chi connectivity index (χ1n) is 7.04. The van der Waals surface area contributed by atoms with E-state index in [0.29, 0.717) is 0 Å². The molecule has 102 valence electrons. The lowest BCUT2D eigenvalue weighted by Gasteiger charge is -2.22. The Balaban J connectivity index is 1.94. The number of hydrogen-bond donors (Lipinski definition) is 1. The van der Waals surface area contributed by atoms with Crippen LogP contribution in [0.3, 0.4) is 0 Å². The zero-order valence-corrected chi connectivity index (χ0v) is 11.6. The summed E-state index contributed by atoms with van der Waals surface area (Å²) in [4.78, 5) is 6.68. The minimum Gasteiger partial charge on any atom is -0.390 e. The van der Waals surface area contributed by atoms with Gasteiger partial charge in [-0.3, -0.25) is 4.90 Å². The number of aromatic nitrogens is 2. The lowest BCUT2D eigenvalue weighted by Crippen LogP contribution is -2.28. The van der Waals surface area contributed by atoms with Crippen molar-refractivity contribution in [2.24, 2.45) is 0 Å². The van der Waals surface area contributed by atoms with E-state index in [1.165, 1.54) is 5.69 Å². The summed E-state index contributed by atoms with van der Waals surface area (Å²) < 4.78 is 2.24. The SMILES string of the molecule is CCCn1cncc1CN1CCCC(C)(O)CC1. The number of nitrogens with zero attached hydrogens (tertiary/aromatic N) is 3. The van der Waals surface area contributed by atoms with Crippen LogP contribution in [0.2, 0.25) is 0 Å². The van der Waals surface area contributed by atoms with Gasteiger partial charge in [0.2, 0.25) is 0 Å². The second-order valence-electron chi connectivity index (χ2n) is 5.71. The van der Waals surface area contributed by atoms with Crippen LogP contribution in [0.4, 0.5) is 0 Å². The van der Waals surface area contributed by atoms with Crippen molar-refractivity contribution in [3.8, 4) is 0 Å². The molecule has 4 nitrogen and oxygen atoms in total. The van der Waals surface area contributed by atoms with Crippen LogP contribution in [-0.2, 0) is 13.1 Å². The summed E-state index contributed by atoms with van der Waals surface area (Å²) in [5, 5.41) is 10.1. The van der Waals surface area contributed by atoms with Gasteiger partial charge in [0.05, 0.1) is 17.6 Å². The van der Waals surface area contributed by atoms with Gasteiger partial charge in [0.15, 0.2) is 0 Å². The molecule has 1 aliphatic rings. The molecule has 1 saturated heterocycles. The van der Waals surface area contributed by atoms with Gasteiger partial charge in [0.1, 0.15) is 0 Å². The first-order valence-corrected chi connectivity index (χ1v) is 7.04. The van der Waals surface area contributed by atoms with Crippen LogP contribution in [-0.4, -0.2) is 38.2 Å². The number of likely N-dealkylation sites (tertiary alicyclic amines) is 1. The van der Waals surface area contributed by atoms with Crippen molar-refractivity contribution in [2.75, 3.05) is 13.1 Å². The molecule has 1 N–H and O–H groups in total. The van der Waals surface area contributed by atoms with Crippen LogP contribution in [0.25, 0.3) is 0 Å². The molecule has 0 saturated carbocycles. The van der Waals surface area contributed by atoms with E-state index in [2.05, 4.69) is 21.4 Å². The molecule has 0 aliphatic carbocycles. The molecule has 0 aromatic carbocycles. The Morgan fingerprint density at radius 1 is 1.39 bits per heavy atom. The average molecular weight is 251 g/mol. The molecule has 0 radical (unpaired) electrons. The zero-order chi connectivity index (χ0) is 13.0. The second-order valence-corrected chi connectivity index (χ2v) is 5.71. The van der Waals surface area contributed by atoms with E-state index >= 15 is 0 Å². The molecular weight excluding hydrogens is 226 g/mol. The van der Waals surface area contributed by atoms with Crippen molar-refractivity contribution in [1.29, 1.82) is 0 Å². The Labute approximate surface area is 110 Å². The third-order valence-corrected chi connectivity index (χ3v) is 3.80. The molecule has 1 atom stereocenters. The molecule has 18 heavy (non-hydrogen) atoms. The Bertz CT molecular complexity index is 373. The Morgan fingerprint density at radius 3 is 3.00 bits per heavy atom. The molecule has 0 spiro atoms. The molecule has 0 amide bonds. The van der Waals surface area contributed by atoms with Crippen LogP contribution in [0.1, 0.15) is 45.2 Å². The van der Waals surface area contributed by atoms with Crippen molar-refractivity contribution >= 4 is 0 Å². The third-order valence-electron chi connectivity index (χ3n) is 3.80. The van der Waals surface area contributed by atoms with Crippen LogP contribution in [0.5, 0.6) is 0 Å². The first kappa shape index (κ1) is 13.6. The Kier molecular flexibility index (Phi) is 4.40. The summed E-state index contributed by atoms with van der Waals surface area (Å²) in [5.74, 6) is 0. The van der Waals surface area contributed by atoms with E-state index in [4.69, 9.17) is 0 Å². The minimum absolute atomic E-state index is 0.474. The van der Waals surface area contributed by atoms with Gasteiger partial charge in [0.25, 0.3) is 0 Å². The predicted molar refractivity (Wildman–Crippen MR) is 72.3 cm³/mol. The standard InChI is InChI=1S/C14H25N3O/c1-3-7-17-12-15-10-13(17)11-16-8-4-5-14(2,18)6-9-16/h10,12,18H,3-9,11H2,1-2H3. The number of imidazole rings is 1. The maximum Gasteiger partial charge on any atom is 0.0948 e. The summed E-state index contributed by atoms with van der Waals surface area (Å²) >= 11 is 0. The summed E-state index contributed by atoms with van der Waals surface area (Å²) in [6.07, 6.45) is 7.89. The number of aliphatic hydroxyl groups is 1. The van der Waals surface area contributed by atoms with Crippen molar-refractivity contribution < 1.29 is 5.11 Å². The van der Waals surface area contributed by atoms with E-state index in [0.717, 1.165) is 51.9 Å². The lowest BCUT2D eigenvalue weighted by molar-refractivity contribution is 0.0443. The van der Waals surface area contributed by atoms with E-state index in [9.17, 15) is 5.11 Å². The fourth-order valence-corrected chi connectivity index (χ4v) is 2.63. The van der Waals surface area contributed by atoms with Crippen molar-refractivity contribution in [2.45, 2.75) is 58.2 Å². The number of aryl methyl sites for hydroxylation is 1. The average Bonchev–Trinajstić information content (AvgIpc) is 2.66. The van der Waals surface area contributed by atoms with Gasteiger partial charge in [-0.05, 0) is 39.2 Å². The van der Waals surface area contributed by atoms with Gasteiger partial charge in [0, 0.05) is 25.8 Å². The molecule has 1 unspecified atom stereocenters. The highest BCUT2D eigenvalue weighted by atomic mass is 16.3. The van der Waals surface area contributed by atoms with Crippen molar-refractivity contribution in [1.82, 2.24) is 14.5 Å². The summed E-state index contributed by atoms with van der Waals surface area (Å²) in [7, 11) is 0. The van der Waals surface area contributed by atoms with Gasteiger partial charge in [-0.2, -0.15) is 0 Å². The summed E-state index contributed by atoms with van der Waals surface area (Å²) in [5.41, 5.74) is 0.816. The molecule has 1 aliphatic heterocycles. The summed E-state index contributed by atoms with van der Waals surface area (Å²) in [6.45, 7) is 8.19.